The normalized spacial score (nSPS) is 16.5. The molecule has 0 fully saturated rings. The quantitative estimate of drug-likeness (QED) is 0.909. The molecule has 0 bridgehead atoms. The number of rotatable bonds is 3. The Morgan fingerprint density at radius 2 is 1.78 bits per heavy atom. The molecule has 23 heavy (non-hydrogen) atoms. The van der Waals surface area contributed by atoms with Crippen molar-refractivity contribution in [3.05, 3.63) is 59.2 Å². The molecule has 2 N–H and O–H groups in total. The van der Waals surface area contributed by atoms with Crippen LogP contribution in [0.1, 0.15) is 17.0 Å². The first-order valence-electron chi connectivity index (χ1n) is 6.70. The van der Waals surface area contributed by atoms with Gasteiger partial charge >= 0.3 is 5.97 Å². The van der Waals surface area contributed by atoms with Crippen LogP contribution < -0.4 is 4.90 Å². The molecule has 1 heterocycles. The Balaban J connectivity index is 2.15. The van der Waals surface area contributed by atoms with Gasteiger partial charge in [0.15, 0.2) is 11.6 Å². The second-order valence-corrected chi connectivity index (χ2v) is 5.14. The predicted octanol–water partition coefficient (Wildman–Crippen LogP) is 2.23. The van der Waals surface area contributed by atoms with Crippen molar-refractivity contribution >= 4 is 17.6 Å². The molecule has 3 rings (SSSR count). The Labute approximate surface area is 129 Å². The summed E-state index contributed by atoms with van der Waals surface area (Å²) in [6, 6.07) is 7.77. The fourth-order valence-electron chi connectivity index (χ4n) is 2.77. The number of amides is 1. The Morgan fingerprint density at radius 1 is 1.13 bits per heavy atom. The number of aliphatic carboxylic acids is 1. The number of anilines is 1. The summed E-state index contributed by atoms with van der Waals surface area (Å²) in [5.74, 6) is -5.89. The molecule has 1 aliphatic rings. The zero-order chi connectivity index (χ0) is 16.7. The molecule has 7 heteroatoms. The van der Waals surface area contributed by atoms with Crippen LogP contribution in [0.3, 0.4) is 0 Å². The maximum atomic E-state index is 13.5. The van der Waals surface area contributed by atoms with Crippen molar-refractivity contribution in [2.45, 2.75) is 5.92 Å². The molecule has 0 aromatic heterocycles. The molecule has 0 saturated heterocycles. The number of phenols is 1. The van der Waals surface area contributed by atoms with Gasteiger partial charge in [-0.1, -0.05) is 18.2 Å². The lowest BCUT2D eigenvalue weighted by Crippen LogP contribution is -2.34. The summed E-state index contributed by atoms with van der Waals surface area (Å²) in [6.07, 6.45) is 0. The third kappa shape index (κ3) is 2.40. The molecule has 1 unspecified atom stereocenters. The number of halogens is 2. The number of hydrogen-bond acceptors (Lipinski definition) is 3. The minimum atomic E-state index is -1.23. The summed E-state index contributed by atoms with van der Waals surface area (Å²) < 4.78 is 26.7. The van der Waals surface area contributed by atoms with Gasteiger partial charge in [-0.25, -0.2) is 8.78 Å². The van der Waals surface area contributed by atoms with Gasteiger partial charge in [-0.05, 0) is 17.7 Å². The summed E-state index contributed by atoms with van der Waals surface area (Å²) in [7, 11) is 0. The highest BCUT2D eigenvalue weighted by Crippen LogP contribution is 2.43. The van der Waals surface area contributed by atoms with Crippen molar-refractivity contribution in [2.75, 3.05) is 11.4 Å². The van der Waals surface area contributed by atoms with Crippen LogP contribution in [0, 0.1) is 11.6 Å². The van der Waals surface area contributed by atoms with Gasteiger partial charge in [0, 0.05) is 17.3 Å². The predicted molar refractivity (Wildman–Crippen MR) is 76.3 cm³/mol. The largest absolute Gasteiger partial charge is 0.508 e. The highest BCUT2D eigenvalue weighted by molar-refractivity contribution is 6.09. The fourth-order valence-corrected chi connectivity index (χ4v) is 2.77. The van der Waals surface area contributed by atoms with Crippen LogP contribution in [0.25, 0.3) is 0 Å². The van der Waals surface area contributed by atoms with Gasteiger partial charge in [-0.3, -0.25) is 9.59 Å². The van der Waals surface area contributed by atoms with Crippen LogP contribution in [0.15, 0.2) is 36.4 Å². The molecule has 1 amide bonds. The molecular weight excluding hydrogens is 308 g/mol. The summed E-state index contributed by atoms with van der Waals surface area (Å²) in [5.41, 5.74) is 0.698. The summed E-state index contributed by atoms with van der Waals surface area (Å²) in [5, 5.41) is 18.9. The van der Waals surface area contributed by atoms with Crippen LogP contribution >= 0.6 is 0 Å². The van der Waals surface area contributed by atoms with Gasteiger partial charge in [-0.2, -0.15) is 0 Å². The van der Waals surface area contributed by atoms with Gasteiger partial charge < -0.3 is 15.1 Å². The molecular formula is C16H11F2NO4. The van der Waals surface area contributed by atoms with Crippen LogP contribution in [0.4, 0.5) is 14.5 Å². The SMILES string of the molecule is O=C(O)CN1C(=O)C(c2cc(F)c(F)cc2O)c2ccccc21. The number of fused-ring (bicyclic) bond motifs is 1. The highest BCUT2D eigenvalue weighted by atomic mass is 19.2. The number of nitrogens with zero attached hydrogens (tertiary/aromatic N) is 1. The van der Waals surface area contributed by atoms with Crippen LogP contribution in [-0.2, 0) is 9.59 Å². The molecule has 2 aromatic carbocycles. The van der Waals surface area contributed by atoms with Crippen LogP contribution in [-0.4, -0.2) is 28.6 Å². The Kier molecular flexibility index (Phi) is 3.48. The van der Waals surface area contributed by atoms with Gasteiger partial charge in [0.05, 0.1) is 5.92 Å². The number of benzene rings is 2. The van der Waals surface area contributed by atoms with E-state index in [1.165, 1.54) is 0 Å². The monoisotopic (exact) mass is 319 g/mol. The summed E-state index contributed by atoms with van der Waals surface area (Å²) >= 11 is 0. The number of carbonyl (C=O) groups excluding carboxylic acids is 1. The van der Waals surface area contributed by atoms with Crippen LogP contribution in [0.5, 0.6) is 5.75 Å². The topological polar surface area (TPSA) is 77.8 Å². The highest BCUT2D eigenvalue weighted by Gasteiger charge is 2.40. The number of carbonyl (C=O) groups is 2. The lowest BCUT2D eigenvalue weighted by molar-refractivity contribution is -0.136. The maximum Gasteiger partial charge on any atom is 0.323 e. The maximum absolute atomic E-state index is 13.5. The Morgan fingerprint density at radius 3 is 2.48 bits per heavy atom. The third-order valence-corrected chi connectivity index (χ3v) is 3.73. The average molecular weight is 319 g/mol. The first-order chi connectivity index (χ1) is 10.9. The van der Waals surface area contributed by atoms with Crippen molar-refractivity contribution in [1.82, 2.24) is 0 Å². The molecule has 5 nitrogen and oxygen atoms in total. The summed E-state index contributed by atoms with van der Waals surface area (Å²) in [4.78, 5) is 24.6. The zero-order valence-corrected chi connectivity index (χ0v) is 11.7. The van der Waals surface area contributed by atoms with E-state index >= 15 is 0 Å². The number of aromatic hydroxyl groups is 1. The molecule has 118 valence electrons. The van der Waals surface area contributed by atoms with Gasteiger partial charge in [0.25, 0.3) is 0 Å². The van der Waals surface area contributed by atoms with Crippen molar-refractivity contribution in [1.29, 1.82) is 0 Å². The average Bonchev–Trinajstić information content (AvgIpc) is 2.76. The smallest absolute Gasteiger partial charge is 0.323 e. The Hall–Kier alpha value is -2.96. The van der Waals surface area contributed by atoms with Crippen molar-refractivity contribution in [3.8, 4) is 5.75 Å². The Bertz CT molecular complexity index is 822. The van der Waals surface area contributed by atoms with Crippen molar-refractivity contribution < 1.29 is 28.6 Å². The first-order valence-corrected chi connectivity index (χ1v) is 6.70. The number of carboxylic acid groups (broad SMARTS) is 1. The van der Waals surface area contributed by atoms with E-state index < -0.39 is 41.7 Å². The lowest BCUT2D eigenvalue weighted by Gasteiger charge is -2.16. The number of para-hydroxylation sites is 1. The molecule has 0 spiro atoms. The molecule has 1 atom stereocenters. The van der Waals surface area contributed by atoms with E-state index in [9.17, 15) is 23.5 Å². The van der Waals surface area contributed by atoms with Crippen LogP contribution in [0.2, 0.25) is 0 Å². The van der Waals surface area contributed by atoms with E-state index in [1.807, 2.05) is 0 Å². The standard InChI is InChI=1S/C16H11F2NO4/c17-10-5-9(13(20)6-11(10)18)15-8-3-1-2-4-12(8)19(16(15)23)7-14(21)22/h1-6,15,20H,7H2,(H,21,22). The third-order valence-electron chi connectivity index (χ3n) is 3.73. The van der Waals surface area contributed by atoms with E-state index in [1.54, 1.807) is 24.3 Å². The molecule has 0 radical (unpaired) electrons. The minimum absolute atomic E-state index is 0.103. The van der Waals surface area contributed by atoms with E-state index in [-0.39, 0.29) is 5.56 Å². The van der Waals surface area contributed by atoms with Crippen molar-refractivity contribution in [3.63, 3.8) is 0 Å². The van der Waals surface area contributed by atoms with Gasteiger partial charge in [-0.15, -0.1) is 0 Å². The zero-order valence-electron chi connectivity index (χ0n) is 11.7. The van der Waals surface area contributed by atoms with E-state index in [4.69, 9.17) is 5.11 Å². The summed E-state index contributed by atoms with van der Waals surface area (Å²) in [6.45, 7) is -0.559. The van der Waals surface area contributed by atoms with Gasteiger partial charge in [0.2, 0.25) is 5.91 Å². The van der Waals surface area contributed by atoms with E-state index in [0.29, 0.717) is 17.3 Å². The van der Waals surface area contributed by atoms with Gasteiger partial charge in [0.1, 0.15) is 12.3 Å². The fraction of sp³-hybridized carbons (Fsp3) is 0.125. The number of carboxylic acids is 1. The second kappa shape index (κ2) is 5.35. The second-order valence-electron chi connectivity index (χ2n) is 5.14. The lowest BCUT2D eigenvalue weighted by atomic mass is 9.91. The van der Waals surface area contributed by atoms with E-state index in [0.717, 1.165) is 11.0 Å². The molecule has 1 aliphatic heterocycles. The first kappa shape index (κ1) is 15.0. The van der Waals surface area contributed by atoms with E-state index in [2.05, 4.69) is 0 Å². The molecule has 0 saturated carbocycles. The number of phenolic OH excluding ortho intramolecular Hbond substituents is 1. The number of hydrogen-bond donors (Lipinski definition) is 2. The van der Waals surface area contributed by atoms with Crippen molar-refractivity contribution in [2.24, 2.45) is 0 Å². The minimum Gasteiger partial charge on any atom is -0.508 e. The molecule has 0 aliphatic carbocycles. The molecule has 2 aromatic rings.